The molecular weight excluding hydrogens is 282 g/mol. The third-order valence-corrected chi connectivity index (χ3v) is 5.00. The highest BCUT2D eigenvalue weighted by atomic mass is 32.1. The van der Waals surface area contributed by atoms with E-state index in [1.165, 1.54) is 49.9 Å². The lowest BCUT2D eigenvalue weighted by molar-refractivity contribution is 0.0957. The molecule has 4 nitrogen and oxygen atoms in total. The van der Waals surface area contributed by atoms with E-state index in [1.807, 2.05) is 0 Å². The van der Waals surface area contributed by atoms with E-state index in [2.05, 4.69) is 22.5 Å². The minimum atomic E-state index is 0.0116. The van der Waals surface area contributed by atoms with Crippen LogP contribution in [0.4, 0.5) is 0 Å². The second-order valence-corrected chi connectivity index (χ2v) is 6.88. The van der Waals surface area contributed by atoms with Gasteiger partial charge < -0.3 is 10.6 Å². The fourth-order valence-electron chi connectivity index (χ4n) is 2.77. The van der Waals surface area contributed by atoms with Crippen LogP contribution in [0.25, 0.3) is 0 Å². The van der Waals surface area contributed by atoms with E-state index < -0.39 is 0 Å². The van der Waals surface area contributed by atoms with Crippen molar-refractivity contribution in [2.24, 2.45) is 0 Å². The van der Waals surface area contributed by atoms with Crippen LogP contribution < -0.4 is 10.6 Å². The van der Waals surface area contributed by atoms with Crippen molar-refractivity contribution in [1.29, 1.82) is 0 Å². The summed E-state index contributed by atoms with van der Waals surface area (Å²) in [5.74, 6) is 0.0116. The maximum Gasteiger partial charge on any atom is 0.263 e. The first-order valence-electron chi connectivity index (χ1n) is 8.26. The SMILES string of the molecule is CCCc1ncc(C(=O)NCCNC2CCCCCC2)s1. The molecular formula is C16H27N3OS. The molecule has 1 aromatic rings. The van der Waals surface area contributed by atoms with Crippen molar-refractivity contribution in [3.8, 4) is 0 Å². The number of aromatic nitrogens is 1. The van der Waals surface area contributed by atoms with Crippen molar-refractivity contribution in [1.82, 2.24) is 15.6 Å². The van der Waals surface area contributed by atoms with Crippen LogP contribution >= 0.6 is 11.3 Å². The summed E-state index contributed by atoms with van der Waals surface area (Å²) in [5, 5.41) is 7.60. The van der Waals surface area contributed by atoms with Gasteiger partial charge in [-0.15, -0.1) is 11.3 Å². The van der Waals surface area contributed by atoms with Crippen molar-refractivity contribution >= 4 is 17.2 Å². The van der Waals surface area contributed by atoms with Crippen molar-refractivity contribution in [2.75, 3.05) is 13.1 Å². The quantitative estimate of drug-likeness (QED) is 0.601. The number of aryl methyl sites for hydroxylation is 1. The molecule has 1 heterocycles. The predicted molar refractivity (Wildman–Crippen MR) is 87.9 cm³/mol. The molecule has 1 aliphatic carbocycles. The molecule has 21 heavy (non-hydrogen) atoms. The Balaban J connectivity index is 1.64. The van der Waals surface area contributed by atoms with Gasteiger partial charge in [0.05, 0.1) is 11.2 Å². The third-order valence-electron chi connectivity index (χ3n) is 3.94. The van der Waals surface area contributed by atoms with Gasteiger partial charge in [0.2, 0.25) is 0 Å². The molecule has 0 atom stereocenters. The Labute approximate surface area is 131 Å². The van der Waals surface area contributed by atoms with E-state index in [0.717, 1.165) is 29.3 Å². The fraction of sp³-hybridized carbons (Fsp3) is 0.750. The average molecular weight is 309 g/mol. The van der Waals surface area contributed by atoms with E-state index in [-0.39, 0.29) is 5.91 Å². The Morgan fingerprint density at radius 1 is 1.29 bits per heavy atom. The summed E-state index contributed by atoms with van der Waals surface area (Å²) in [6.45, 7) is 3.67. The zero-order chi connectivity index (χ0) is 14.9. The number of nitrogens with one attached hydrogen (secondary N) is 2. The van der Waals surface area contributed by atoms with Crippen LogP contribution in [-0.2, 0) is 6.42 Å². The highest BCUT2D eigenvalue weighted by Crippen LogP contribution is 2.17. The molecule has 2 rings (SSSR count). The molecule has 1 aromatic heterocycles. The van der Waals surface area contributed by atoms with Crippen LogP contribution in [0, 0.1) is 0 Å². The van der Waals surface area contributed by atoms with Gasteiger partial charge in [-0.2, -0.15) is 0 Å². The number of amides is 1. The van der Waals surface area contributed by atoms with Crippen molar-refractivity contribution in [3.05, 3.63) is 16.1 Å². The zero-order valence-corrected chi connectivity index (χ0v) is 13.8. The maximum atomic E-state index is 12.0. The Hall–Kier alpha value is -0.940. The van der Waals surface area contributed by atoms with Crippen LogP contribution in [0.2, 0.25) is 0 Å². The summed E-state index contributed by atoms with van der Waals surface area (Å²) in [6, 6.07) is 0.643. The Morgan fingerprint density at radius 2 is 2.05 bits per heavy atom. The number of carbonyl (C=O) groups excluding carboxylic acids is 1. The fourth-order valence-corrected chi connectivity index (χ4v) is 3.70. The molecule has 1 amide bonds. The maximum absolute atomic E-state index is 12.0. The average Bonchev–Trinajstić information content (AvgIpc) is 2.80. The molecule has 0 spiro atoms. The molecule has 1 fully saturated rings. The van der Waals surface area contributed by atoms with Crippen molar-refractivity contribution in [2.45, 2.75) is 64.3 Å². The number of nitrogens with zero attached hydrogens (tertiary/aromatic N) is 1. The lowest BCUT2D eigenvalue weighted by Crippen LogP contribution is -2.36. The highest BCUT2D eigenvalue weighted by Gasteiger charge is 2.12. The lowest BCUT2D eigenvalue weighted by atomic mass is 10.1. The summed E-state index contributed by atoms with van der Waals surface area (Å²) >= 11 is 1.51. The van der Waals surface area contributed by atoms with Crippen LogP contribution in [0.5, 0.6) is 0 Å². The number of thiazole rings is 1. The Morgan fingerprint density at radius 3 is 2.76 bits per heavy atom. The van der Waals surface area contributed by atoms with Gasteiger partial charge >= 0.3 is 0 Å². The minimum absolute atomic E-state index is 0.0116. The molecule has 0 aromatic carbocycles. The second kappa shape index (κ2) is 9.15. The molecule has 0 bridgehead atoms. The molecule has 2 N–H and O–H groups in total. The zero-order valence-electron chi connectivity index (χ0n) is 13.0. The minimum Gasteiger partial charge on any atom is -0.350 e. The molecule has 0 unspecified atom stereocenters. The first-order chi connectivity index (χ1) is 10.3. The third kappa shape index (κ3) is 5.75. The van der Waals surface area contributed by atoms with Crippen LogP contribution in [0.1, 0.15) is 66.5 Å². The predicted octanol–water partition coefficient (Wildman–Crippen LogP) is 3.14. The molecule has 1 aliphatic rings. The van der Waals surface area contributed by atoms with Gasteiger partial charge in [-0.25, -0.2) is 4.98 Å². The van der Waals surface area contributed by atoms with Gasteiger partial charge in [0.25, 0.3) is 5.91 Å². The van der Waals surface area contributed by atoms with Gasteiger partial charge in [-0.1, -0.05) is 32.6 Å². The molecule has 1 saturated carbocycles. The van der Waals surface area contributed by atoms with E-state index in [1.54, 1.807) is 6.20 Å². The molecule has 118 valence electrons. The molecule has 0 saturated heterocycles. The van der Waals surface area contributed by atoms with E-state index >= 15 is 0 Å². The molecule has 0 aliphatic heterocycles. The van der Waals surface area contributed by atoms with Gasteiger partial charge in [0.1, 0.15) is 4.88 Å². The number of hydrogen-bond donors (Lipinski definition) is 2. The first-order valence-corrected chi connectivity index (χ1v) is 9.07. The lowest BCUT2D eigenvalue weighted by Gasteiger charge is -2.16. The molecule has 0 radical (unpaired) electrons. The van der Waals surface area contributed by atoms with Crippen molar-refractivity contribution in [3.63, 3.8) is 0 Å². The van der Waals surface area contributed by atoms with E-state index in [0.29, 0.717) is 12.6 Å². The van der Waals surface area contributed by atoms with Gasteiger partial charge in [0, 0.05) is 19.1 Å². The topological polar surface area (TPSA) is 54.0 Å². The molecule has 5 heteroatoms. The number of carbonyl (C=O) groups is 1. The monoisotopic (exact) mass is 309 g/mol. The summed E-state index contributed by atoms with van der Waals surface area (Å²) in [7, 11) is 0. The highest BCUT2D eigenvalue weighted by molar-refractivity contribution is 7.13. The largest absolute Gasteiger partial charge is 0.350 e. The van der Waals surface area contributed by atoms with E-state index in [9.17, 15) is 4.79 Å². The first kappa shape index (κ1) is 16.4. The van der Waals surface area contributed by atoms with Crippen LogP contribution in [0.3, 0.4) is 0 Å². The summed E-state index contributed by atoms with van der Waals surface area (Å²) in [6.07, 6.45) is 11.7. The van der Waals surface area contributed by atoms with E-state index in [4.69, 9.17) is 0 Å². The van der Waals surface area contributed by atoms with Crippen LogP contribution in [0.15, 0.2) is 6.20 Å². The smallest absolute Gasteiger partial charge is 0.263 e. The van der Waals surface area contributed by atoms with Crippen LogP contribution in [-0.4, -0.2) is 30.0 Å². The normalized spacial score (nSPS) is 16.6. The van der Waals surface area contributed by atoms with Crippen molar-refractivity contribution < 1.29 is 4.79 Å². The van der Waals surface area contributed by atoms with Gasteiger partial charge in [-0.3, -0.25) is 4.79 Å². The summed E-state index contributed by atoms with van der Waals surface area (Å²) < 4.78 is 0. The number of hydrogen-bond acceptors (Lipinski definition) is 4. The Kier molecular flexibility index (Phi) is 7.16. The number of rotatable bonds is 7. The Bertz CT molecular complexity index is 425. The summed E-state index contributed by atoms with van der Waals surface area (Å²) in [4.78, 5) is 17.0. The standard InChI is InChI=1S/C16H27N3OS/c1-2-7-15-19-12-14(21-15)16(20)18-11-10-17-13-8-5-3-4-6-9-13/h12-13,17H,2-11H2,1H3,(H,18,20). The van der Waals surface area contributed by atoms with Gasteiger partial charge in [0.15, 0.2) is 0 Å². The second-order valence-electron chi connectivity index (χ2n) is 5.77. The van der Waals surface area contributed by atoms with Gasteiger partial charge in [-0.05, 0) is 25.7 Å². The summed E-state index contributed by atoms with van der Waals surface area (Å²) in [5.41, 5.74) is 0.